The van der Waals surface area contributed by atoms with E-state index in [0.29, 0.717) is 36.8 Å². The van der Waals surface area contributed by atoms with E-state index in [4.69, 9.17) is 4.52 Å². The van der Waals surface area contributed by atoms with Crippen molar-refractivity contribution < 1.29 is 27.2 Å². The third kappa shape index (κ3) is 6.13. The number of halogens is 3. The van der Waals surface area contributed by atoms with E-state index in [1.54, 1.807) is 30.4 Å². The summed E-state index contributed by atoms with van der Waals surface area (Å²) in [6.45, 7) is 6.29. The first-order valence-electron chi connectivity index (χ1n) is 13.3. The third-order valence-corrected chi connectivity index (χ3v) is 8.54. The van der Waals surface area contributed by atoms with E-state index in [0.717, 1.165) is 47.5 Å². The standard InChI is InChI=1S/C29H28F3N5O3S/c1-16-26(41-15-34-16)14-37-9-8-22-21(18-4-3-5-20(10-18)39-29(30,31)32)7-6-19(25(22)13-37)12-33-27(38)23-11-24(23)28-35-17(2)36-40-28/h3-7,10,15,23-24H,8-9,11-14H2,1-2H3,(H,33,38)/t23?,24-/m0/s1. The van der Waals surface area contributed by atoms with Gasteiger partial charge in [0.2, 0.25) is 11.8 Å². The van der Waals surface area contributed by atoms with Crippen LogP contribution in [0, 0.1) is 19.8 Å². The first kappa shape index (κ1) is 27.4. The molecule has 1 fully saturated rings. The number of hydrogen-bond acceptors (Lipinski definition) is 8. The third-order valence-electron chi connectivity index (χ3n) is 7.62. The molecular weight excluding hydrogens is 555 g/mol. The van der Waals surface area contributed by atoms with Crippen molar-refractivity contribution in [1.82, 2.24) is 25.3 Å². The van der Waals surface area contributed by atoms with Crippen molar-refractivity contribution in [3.8, 4) is 16.9 Å². The Labute approximate surface area is 238 Å². The van der Waals surface area contributed by atoms with Crippen molar-refractivity contribution in [3.63, 3.8) is 0 Å². The molecule has 1 aliphatic heterocycles. The fourth-order valence-electron chi connectivity index (χ4n) is 5.44. The number of benzene rings is 2. The van der Waals surface area contributed by atoms with Crippen molar-refractivity contribution in [2.45, 2.75) is 58.6 Å². The van der Waals surface area contributed by atoms with Crippen LogP contribution in [0.2, 0.25) is 0 Å². The molecule has 41 heavy (non-hydrogen) atoms. The van der Waals surface area contributed by atoms with Gasteiger partial charge in [0.1, 0.15) is 5.75 Å². The van der Waals surface area contributed by atoms with E-state index < -0.39 is 6.36 Å². The highest BCUT2D eigenvalue weighted by Gasteiger charge is 2.47. The Kier molecular flexibility index (Phi) is 7.28. The Hall–Kier alpha value is -3.77. The number of hydrogen-bond donors (Lipinski definition) is 1. The smallest absolute Gasteiger partial charge is 0.406 e. The minimum atomic E-state index is -4.77. The average Bonchev–Trinajstić information content (AvgIpc) is 3.46. The lowest BCUT2D eigenvalue weighted by Gasteiger charge is -2.32. The summed E-state index contributed by atoms with van der Waals surface area (Å²) in [5.74, 6) is 0.465. The number of rotatable bonds is 8. The molecule has 8 nitrogen and oxygen atoms in total. The first-order chi connectivity index (χ1) is 19.6. The Morgan fingerprint density at radius 3 is 2.80 bits per heavy atom. The summed E-state index contributed by atoms with van der Waals surface area (Å²) in [7, 11) is 0. The van der Waals surface area contributed by atoms with E-state index in [1.807, 2.05) is 24.6 Å². The zero-order chi connectivity index (χ0) is 28.7. The molecule has 1 saturated carbocycles. The first-order valence-corrected chi connectivity index (χ1v) is 14.2. The van der Waals surface area contributed by atoms with Crippen LogP contribution in [0.5, 0.6) is 5.75 Å². The van der Waals surface area contributed by atoms with Crippen LogP contribution < -0.4 is 10.1 Å². The van der Waals surface area contributed by atoms with E-state index in [1.165, 1.54) is 17.0 Å². The molecule has 2 aromatic carbocycles. The molecule has 2 atom stereocenters. The van der Waals surface area contributed by atoms with Gasteiger partial charge >= 0.3 is 6.36 Å². The minimum absolute atomic E-state index is 0.0585. The molecule has 0 spiro atoms. The highest BCUT2D eigenvalue weighted by atomic mass is 32.1. The Balaban J connectivity index is 1.25. The summed E-state index contributed by atoms with van der Waals surface area (Å²) < 4.78 is 48.1. The molecule has 1 amide bonds. The van der Waals surface area contributed by atoms with E-state index in [2.05, 4.69) is 30.1 Å². The summed E-state index contributed by atoms with van der Waals surface area (Å²) in [5.41, 5.74) is 7.52. The van der Waals surface area contributed by atoms with Gasteiger partial charge in [0.25, 0.3) is 0 Å². The fraction of sp³-hybridized carbons (Fsp3) is 0.379. The second-order valence-electron chi connectivity index (χ2n) is 10.5. The SMILES string of the molecule is Cc1noc([C@H]2CC2C(=O)NCc2ccc(-c3cccc(OC(F)(F)F)c3)c3c2CN(Cc2scnc2C)CC3)n1. The molecule has 4 aromatic rings. The monoisotopic (exact) mass is 583 g/mol. The summed E-state index contributed by atoms with van der Waals surface area (Å²) in [5, 5.41) is 6.90. The van der Waals surface area contributed by atoms with Gasteiger partial charge in [0.05, 0.1) is 23.0 Å². The van der Waals surface area contributed by atoms with Gasteiger partial charge in [0, 0.05) is 31.1 Å². The number of fused-ring (bicyclic) bond motifs is 1. The summed E-state index contributed by atoms with van der Waals surface area (Å²) in [4.78, 5) is 25.1. The van der Waals surface area contributed by atoms with Crippen LogP contribution in [-0.2, 0) is 30.8 Å². The van der Waals surface area contributed by atoms with Crippen molar-refractivity contribution in [1.29, 1.82) is 0 Å². The molecule has 214 valence electrons. The van der Waals surface area contributed by atoms with Crippen LogP contribution in [-0.4, -0.2) is 38.8 Å². The molecule has 1 aliphatic carbocycles. The number of carbonyl (C=O) groups is 1. The molecule has 6 rings (SSSR count). The second-order valence-corrected chi connectivity index (χ2v) is 11.4. The van der Waals surface area contributed by atoms with Gasteiger partial charge in [-0.3, -0.25) is 9.69 Å². The van der Waals surface area contributed by atoms with Crippen LogP contribution in [0.15, 0.2) is 46.4 Å². The molecule has 12 heteroatoms. The van der Waals surface area contributed by atoms with Gasteiger partial charge in [0.15, 0.2) is 5.82 Å². The Morgan fingerprint density at radius 2 is 2.07 bits per heavy atom. The minimum Gasteiger partial charge on any atom is -0.406 e. The second kappa shape index (κ2) is 10.9. The van der Waals surface area contributed by atoms with E-state index >= 15 is 0 Å². The zero-order valence-corrected chi connectivity index (χ0v) is 23.3. The predicted octanol–water partition coefficient (Wildman–Crippen LogP) is 5.69. The number of ether oxygens (including phenoxy) is 1. The van der Waals surface area contributed by atoms with Gasteiger partial charge in [-0.2, -0.15) is 4.98 Å². The number of aryl methyl sites for hydroxylation is 2. The number of carbonyl (C=O) groups excluding carboxylic acids is 1. The lowest BCUT2D eigenvalue weighted by molar-refractivity contribution is -0.274. The van der Waals surface area contributed by atoms with Gasteiger partial charge < -0.3 is 14.6 Å². The van der Waals surface area contributed by atoms with E-state index in [9.17, 15) is 18.0 Å². The summed E-state index contributed by atoms with van der Waals surface area (Å²) in [6, 6.07) is 9.96. The summed E-state index contributed by atoms with van der Waals surface area (Å²) >= 11 is 1.63. The molecular formula is C29H28F3N5O3S. The van der Waals surface area contributed by atoms with Gasteiger partial charge in [-0.05, 0) is 66.6 Å². The molecule has 2 aliphatic rings. The maximum absolute atomic E-state index is 13.0. The number of nitrogens with one attached hydrogen (secondary N) is 1. The van der Waals surface area contributed by atoms with Crippen LogP contribution in [0.4, 0.5) is 13.2 Å². The molecule has 1 N–H and O–H groups in total. The fourth-order valence-corrected chi connectivity index (χ4v) is 6.26. The maximum Gasteiger partial charge on any atom is 0.573 e. The Morgan fingerprint density at radius 1 is 1.22 bits per heavy atom. The topological polar surface area (TPSA) is 93.4 Å². The largest absolute Gasteiger partial charge is 0.573 e. The van der Waals surface area contributed by atoms with Crippen molar-refractivity contribution >= 4 is 17.2 Å². The van der Waals surface area contributed by atoms with Gasteiger partial charge in [-0.1, -0.05) is 29.4 Å². The van der Waals surface area contributed by atoms with Crippen molar-refractivity contribution in [2.24, 2.45) is 5.92 Å². The number of aromatic nitrogens is 3. The zero-order valence-electron chi connectivity index (χ0n) is 22.5. The number of nitrogens with zero attached hydrogens (tertiary/aromatic N) is 4. The number of amides is 1. The average molecular weight is 584 g/mol. The molecule has 3 heterocycles. The normalized spacial score (nSPS) is 18.7. The predicted molar refractivity (Wildman–Crippen MR) is 145 cm³/mol. The van der Waals surface area contributed by atoms with Crippen LogP contribution in [0.1, 0.15) is 51.3 Å². The highest BCUT2D eigenvalue weighted by Crippen LogP contribution is 2.47. The highest BCUT2D eigenvalue weighted by molar-refractivity contribution is 7.09. The molecule has 0 radical (unpaired) electrons. The molecule has 0 saturated heterocycles. The number of alkyl halides is 3. The molecule has 0 bridgehead atoms. The quantitative estimate of drug-likeness (QED) is 0.285. The van der Waals surface area contributed by atoms with Crippen molar-refractivity contribution in [2.75, 3.05) is 6.54 Å². The van der Waals surface area contributed by atoms with Crippen LogP contribution >= 0.6 is 11.3 Å². The maximum atomic E-state index is 13.0. The van der Waals surface area contributed by atoms with Gasteiger partial charge in [-0.25, -0.2) is 4.98 Å². The Bertz CT molecular complexity index is 1580. The van der Waals surface area contributed by atoms with Crippen LogP contribution in [0.3, 0.4) is 0 Å². The van der Waals surface area contributed by atoms with Crippen LogP contribution in [0.25, 0.3) is 11.1 Å². The molecule has 2 aromatic heterocycles. The van der Waals surface area contributed by atoms with Gasteiger partial charge in [-0.15, -0.1) is 24.5 Å². The van der Waals surface area contributed by atoms with Crippen molar-refractivity contribution in [3.05, 3.63) is 80.9 Å². The number of thiazole rings is 1. The summed E-state index contributed by atoms with van der Waals surface area (Å²) in [6.07, 6.45) is -3.38. The lowest BCUT2D eigenvalue weighted by atomic mass is 9.87. The van der Waals surface area contributed by atoms with E-state index in [-0.39, 0.29) is 23.5 Å². The lowest BCUT2D eigenvalue weighted by Crippen LogP contribution is -2.32. The molecule has 1 unspecified atom stereocenters.